The Kier molecular flexibility index (Phi) is 11.8. The molecule has 0 saturated carbocycles. The maximum atomic E-state index is 11.3. The summed E-state index contributed by atoms with van der Waals surface area (Å²) in [6.07, 6.45) is 1.32. The largest absolute Gasteiger partial charge is 0.444 e. The summed E-state index contributed by atoms with van der Waals surface area (Å²) in [5.74, 6) is 0.451. The first-order chi connectivity index (χ1) is 8.74. The Morgan fingerprint density at radius 2 is 2.00 bits per heavy atom. The molecule has 4 N–H and O–H groups in total. The van der Waals surface area contributed by atoms with E-state index in [0.717, 1.165) is 12.8 Å². The zero-order chi connectivity index (χ0) is 14.9. The minimum Gasteiger partial charge on any atom is -0.444 e. The maximum absolute atomic E-state index is 11.3. The number of amides is 1. The van der Waals surface area contributed by atoms with Crippen molar-refractivity contribution in [3.63, 3.8) is 0 Å². The third-order valence-corrected chi connectivity index (χ3v) is 2.29. The number of guanidine groups is 1. The van der Waals surface area contributed by atoms with Crippen molar-refractivity contribution in [2.24, 2.45) is 10.7 Å². The van der Waals surface area contributed by atoms with Gasteiger partial charge in [0, 0.05) is 19.1 Å². The minimum absolute atomic E-state index is 0. The second-order valence-electron chi connectivity index (χ2n) is 5.50. The van der Waals surface area contributed by atoms with E-state index in [2.05, 4.69) is 22.5 Å². The van der Waals surface area contributed by atoms with Gasteiger partial charge in [-0.05, 0) is 40.5 Å². The van der Waals surface area contributed by atoms with E-state index in [4.69, 9.17) is 10.5 Å². The summed E-state index contributed by atoms with van der Waals surface area (Å²) in [7, 11) is 0. The molecule has 0 fully saturated rings. The zero-order valence-electron chi connectivity index (χ0n) is 13.2. The highest BCUT2D eigenvalue weighted by molar-refractivity contribution is 14.0. The van der Waals surface area contributed by atoms with Crippen LogP contribution in [0, 0.1) is 0 Å². The number of nitrogens with two attached hydrogens (primary N) is 1. The third-order valence-electron chi connectivity index (χ3n) is 2.29. The van der Waals surface area contributed by atoms with Crippen molar-refractivity contribution in [1.82, 2.24) is 10.6 Å². The molecule has 0 aliphatic carbocycles. The van der Waals surface area contributed by atoms with Crippen LogP contribution in [-0.2, 0) is 4.74 Å². The normalized spacial score (nSPS) is 13.2. The molecule has 0 aromatic rings. The first kappa shape index (κ1) is 21.6. The summed E-state index contributed by atoms with van der Waals surface area (Å²) in [5.41, 5.74) is 5.24. The van der Waals surface area contributed by atoms with Gasteiger partial charge in [-0.25, -0.2) is 4.79 Å². The van der Waals surface area contributed by atoms with Crippen LogP contribution in [0.4, 0.5) is 4.79 Å². The lowest BCUT2D eigenvalue weighted by Gasteiger charge is -2.19. The molecule has 120 valence electrons. The van der Waals surface area contributed by atoms with Crippen molar-refractivity contribution in [2.45, 2.75) is 59.1 Å². The van der Waals surface area contributed by atoms with E-state index >= 15 is 0 Å². The van der Waals surface area contributed by atoms with E-state index in [0.29, 0.717) is 25.1 Å². The average Bonchev–Trinajstić information content (AvgIpc) is 2.25. The molecule has 1 unspecified atom stereocenters. The van der Waals surface area contributed by atoms with Crippen molar-refractivity contribution in [3.8, 4) is 0 Å². The van der Waals surface area contributed by atoms with E-state index in [1.54, 1.807) is 0 Å². The molecule has 0 bridgehead atoms. The van der Waals surface area contributed by atoms with Crippen LogP contribution in [0.1, 0.15) is 47.5 Å². The van der Waals surface area contributed by atoms with E-state index < -0.39 is 11.7 Å². The van der Waals surface area contributed by atoms with E-state index in [-0.39, 0.29) is 24.0 Å². The number of halogens is 1. The number of rotatable bonds is 6. The predicted molar refractivity (Wildman–Crippen MR) is 93.6 cm³/mol. The quantitative estimate of drug-likeness (QED) is 0.276. The van der Waals surface area contributed by atoms with Gasteiger partial charge in [-0.15, -0.1) is 24.0 Å². The Hall–Kier alpha value is -0.730. The molecule has 0 aliphatic heterocycles. The topological polar surface area (TPSA) is 88.7 Å². The van der Waals surface area contributed by atoms with Crippen molar-refractivity contribution >= 4 is 36.0 Å². The van der Waals surface area contributed by atoms with Crippen LogP contribution in [0.2, 0.25) is 0 Å². The molecule has 0 rings (SSSR count). The molecule has 20 heavy (non-hydrogen) atoms. The zero-order valence-corrected chi connectivity index (χ0v) is 15.5. The number of carbonyl (C=O) groups is 1. The van der Waals surface area contributed by atoms with Crippen molar-refractivity contribution in [3.05, 3.63) is 0 Å². The Morgan fingerprint density at radius 1 is 1.40 bits per heavy atom. The lowest BCUT2D eigenvalue weighted by molar-refractivity contribution is 0.0527. The fraction of sp³-hybridized carbons (Fsp3) is 0.846. The van der Waals surface area contributed by atoms with Gasteiger partial charge in [0.1, 0.15) is 5.60 Å². The molecule has 0 radical (unpaired) electrons. The summed E-state index contributed by atoms with van der Waals surface area (Å²) in [6, 6.07) is 0.323. The van der Waals surface area contributed by atoms with Crippen molar-refractivity contribution < 1.29 is 9.53 Å². The molecule has 0 aliphatic rings. The molecule has 0 spiro atoms. The SMILES string of the molecule is CCC(C)NC(N)=NCCCNC(=O)OC(C)(C)C.I. The molecule has 0 aromatic carbocycles. The number of carbonyl (C=O) groups excluding carboxylic acids is 1. The van der Waals surface area contributed by atoms with Crippen LogP contribution in [0.5, 0.6) is 0 Å². The van der Waals surface area contributed by atoms with Gasteiger partial charge in [0.15, 0.2) is 5.96 Å². The van der Waals surface area contributed by atoms with Gasteiger partial charge in [0.25, 0.3) is 0 Å². The second-order valence-corrected chi connectivity index (χ2v) is 5.50. The lowest BCUT2D eigenvalue weighted by Crippen LogP contribution is -2.38. The molecular formula is C13H29IN4O2. The molecule has 0 heterocycles. The fourth-order valence-electron chi connectivity index (χ4n) is 1.18. The average molecular weight is 400 g/mol. The molecule has 0 aromatic heterocycles. The molecule has 6 nitrogen and oxygen atoms in total. The summed E-state index contributed by atoms with van der Waals surface area (Å²) in [5, 5.41) is 5.75. The molecule has 1 amide bonds. The molecule has 7 heteroatoms. The number of nitrogens with one attached hydrogen (secondary N) is 2. The second kappa shape index (κ2) is 11.0. The number of aliphatic imine (C=N–C) groups is 1. The highest BCUT2D eigenvalue weighted by Gasteiger charge is 2.15. The Labute approximate surface area is 139 Å². The van der Waals surface area contributed by atoms with Crippen LogP contribution < -0.4 is 16.4 Å². The van der Waals surface area contributed by atoms with Gasteiger partial charge in [0.05, 0.1) is 0 Å². The number of hydrogen-bond donors (Lipinski definition) is 3. The Morgan fingerprint density at radius 3 is 2.50 bits per heavy atom. The molecular weight excluding hydrogens is 371 g/mol. The maximum Gasteiger partial charge on any atom is 0.407 e. The Balaban J connectivity index is 0. The molecule has 0 saturated heterocycles. The number of alkyl carbamates (subject to hydrolysis) is 1. The minimum atomic E-state index is -0.465. The Bertz CT molecular complexity index is 303. The number of hydrogen-bond acceptors (Lipinski definition) is 3. The van der Waals surface area contributed by atoms with Gasteiger partial charge in [-0.3, -0.25) is 4.99 Å². The molecule has 1 atom stereocenters. The van der Waals surface area contributed by atoms with Crippen LogP contribution in [-0.4, -0.2) is 36.8 Å². The van der Waals surface area contributed by atoms with Gasteiger partial charge >= 0.3 is 6.09 Å². The van der Waals surface area contributed by atoms with Gasteiger partial charge in [-0.1, -0.05) is 6.92 Å². The van der Waals surface area contributed by atoms with Crippen LogP contribution in [0.3, 0.4) is 0 Å². The van der Waals surface area contributed by atoms with Crippen molar-refractivity contribution in [2.75, 3.05) is 13.1 Å². The summed E-state index contributed by atoms with van der Waals surface area (Å²) < 4.78 is 5.11. The summed E-state index contributed by atoms with van der Waals surface area (Å²) in [4.78, 5) is 15.5. The fourth-order valence-corrected chi connectivity index (χ4v) is 1.18. The predicted octanol–water partition coefficient (Wildman–Crippen LogP) is 2.22. The van der Waals surface area contributed by atoms with Crippen LogP contribution in [0.25, 0.3) is 0 Å². The van der Waals surface area contributed by atoms with E-state index in [9.17, 15) is 4.79 Å². The number of ether oxygens (including phenoxy) is 1. The monoisotopic (exact) mass is 400 g/mol. The smallest absolute Gasteiger partial charge is 0.407 e. The summed E-state index contributed by atoms with van der Waals surface area (Å²) >= 11 is 0. The van der Waals surface area contributed by atoms with Crippen LogP contribution >= 0.6 is 24.0 Å². The van der Waals surface area contributed by atoms with E-state index in [1.807, 2.05) is 27.7 Å². The van der Waals surface area contributed by atoms with Gasteiger partial charge in [0.2, 0.25) is 0 Å². The van der Waals surface area contributed by atoms with Crippen molar-refractivity contribution in [1.29, 1.82) is 0 Å². The van der Waals surface area contributed by atoms with Gasteiger partial charge < -0.3 is 21.1 Å². The standard InChI is InChI=1S/C13H28N4O2.HI/c1-6-10(2)17-11(14)15-8-7-9-16-12(18)19-13(3,4)5;/h10H,6-9H2,1-5H3,(H,16,18)(H3,14,15,17);1H. The first-order valence-corrected chi connectivity index (χ1v) is 6.78. The lowest BCUT2D eigenvalue weighted by atomic mass is 10.2. The summed E-state index contributed by atoms with van der Waals surface area (Å²) in [6.45, 7) is 10.7. The van der Waals surface area contributed by atoms with E-state index in [1.165, 1.54) is 0 Å². The van der Waals surface area contributed by atoms with Gasteiger partial charge in [-0.2, -0.15) is 0 Å². The highest BCUT2D eigenvalue weighted by atomic mass is 127. The highest BCUT2D eigenvalue weighted by Crippen LogP contribution is 2.06. The number of nitrogens with zero attached hydrogens (tertiary/aromatic N) is 1. The van der Waals surface area contributed by atoms with Crippen LogP contribution in [0.15, 0.2) is 4.99 Å². The third kappa shape index (κ3) is 13.7. The first-order valence-electron chi connectivity index (χ1n) is 6.78.